The molecule has 1 amide bonds. The number of nitrogens with one attached hydrogen (secondary N) is 1. The summed E-state index contributed by atoms with van der Waals surface area (Å²) in [5, 5.41) is 11.7. The number of rotatable bonds is 6. The normalized spacial score (nSPS) is 9.96. The molecule has 6 heteroatoms. The fraction of sp³-hybridized carbons (Fsp3) is 0.294. The van der Waals surface area contributed by atoms with Crippen molar-refractivity contribution in [1.82, 2.24) is 9.97 Å². The van der Waals surface area contributed by atoms with Crippen molar-refractivity contribution in [2.24, 2.45) is 0 Å². The maximum absolute atomic E-state index is 12.2. The van der Waals surface area contributed by atoms with E-state index in [0.717, 1.165) is 25.2 Å². The van der Waals surface area contributed by atoms with Crippen LogP contribution in [-0.2, 0) is 0 Å². The van der Waals surface area contributed by atoms with Crippen LogP contribution in [0.4, 0.5) is 11.5 Å². The van der Waals surface area contributed by atoms with Crippen LogP contribution in [0.3, 0.4) is 0 Å². The zero-order valence-electron chi connectivity index (χ0n) is 13.3. The molecule has 1 heterocycles. The van der Waals surface area contributed by atoms with Crippen molar-refractivity contribution in [3.05, 3.63) is 47.9 Å². The molecule has 0 radical (unpaired) electrons. The van der Waals surface area contributed by atoms with Crippen LogP contribution in [0.1, 0.15) is 35.8 Å². The van der Waals surface area contributed by atoms with Gasteiger partial charge in [0.2, 0.25) is 0 Å². The molecule has 0 saturated carbocycles. The topological polar surface area (TPSA) is 81.9 Å². The summed E-state index contributed by atoms with van der Waals surface area (Å²) in [5.74, 6) is 0.343. The van der Waals surface area contributed by atoms with Gasteiger partial charge in [0.15, 0.2) is 0 Å². The molecule has 1 aromatic heterocycles. The number of unbranched alkanes of at least 4 members (excludes halogenated alkanes) is 1. The molecule has 2 rings (SSSR count). The first-order valence-corrected chi connectivity index (χ1v) is 7.49. The number of hydrogen-bond donors (Lipinski definition) is 1. The standard InChI is InChI=1S/C17H19N5O/c1-3-4-9-22(2)16-12-19-15(11-20-16)17(23)21-14-8-6-5-7-13(14)10-18/h5-8,11-12H,3-4,9H2,1-2H3,(H,21,23). The highest BCUT2D eigenvalue weighted by atomic mass is 16.1. The molecule has 6 nitrogen and oxygen atoms in total. The van der Waals surface area contributed by atoms with Crippen LogP contribution in [0.15, 0.2) is 36.7 Å². The Balaban J connectivity index is 2.07. The zero-order valence-corrected chi connectivity index (χ0v) is 13.3. The van der Waals surface area contributed by atoms with Gasteiger partial charge >= 0.3 is 0 Å². The fourth-order valence-electron chi connectivity index (χ4n) is 2.02. The summed E-state index contributed by atoms with van der Waals surface area (Å²) in [7, 11) is 1.95. The number of benzene rings is 1. The SMILES string of the molecule is CCCCN(C)c1cnc(C(=O)Nc2ccccc2C#N)cn1. The van der Waals surface area contributed by atoms with Crippen LogP contribution in [0, 0.1) is 11.3 Å². The quantitative estimate of drug-likeness (QED) is 0.887. The maximum Gasteiger partial charge on any atom is 0.275 e. The van der Waals surface area contributed by atoms with Crippen molar-refractivity contribution in [3.63, 3.8) is 0 Å². The van der Waals surface area contributed by atoms with Crippen LogP contribution in [0.5, 0.6) is 0 Å². The highest BCUT2D eigenvalue weighted by Gasteiger charge is 2.11. The molecular formula is C17H19N5O. The van der Waals surface area contributed by atoms with E-state index in [1.807, 2.05) is 18.0 Å². The Morgan fingerprint density at radius 3 is 2.74 bits per heavy atom. The molecule has 0 spiro atoms. The van der Waals surface area contributed by atoms with Gasteiger partial charge in [-0.2, -0.15) is 5.26 Å². The van der Waals surface area contributed by atoms with E-state index >= 15 is 0 Å². The molecule has 0 saturated heterocycles. The lowest BCUT2D eigenvalue weighted by atomic mass is 10.2. The van der Waals surface area contributed by atoms with E-state index in [2.05, 4.69) is 22.2 Å². The van der Waals surface area contributed by atoms with E-state index in [4.69, 9.17) is 5.26 Å². The van der Waals surface area contributed by atoms with Gasteiger partial charge in [-0.3, -0.25) is 4.79 Å². The summed E-state index contributed by atoms with van der Waals surface area (Å²) < 4.78 is 0. The van der Waals surface area contributed by atoms with Gasteiger partial charge in [-0.1, -0.05) is 25.5 Å². The minimum absolute atomic E-state index is 0.213. The number of nitriles is 1. The van der Waals surface area contributed by atoms with Crippen molar-refractivity contribution in [2.45, 2.75) is 19.8 Å². The van der Waals surface area contributed by atoms with Gasteiger partial charge in [0.1, 0.15) is 17.6 Å². The van der Waals surface area contributed by atoms with Crippen LogP contribution < -0.4 is 10.2 Å². The highest BCUT2D eigenvalue weighted by molar-refractivity contribution is 6.03. The molecule has 0 aliphatic heterocycles. The molecule has 0 unspecified atom stereocenters. The van der Waals surface area contributed by atoms with Crippen LogP contribution in [0.25, 0.3) is 0 Å². The Morgan fingerprint density at radius 1 is 1.30 bits per heavy atom. The van der Waals surface area contributed by atoms with Crippen molar-refractivity contribution in [2.75, 3.05) is 23.8 Å². The largest absolute Gasteiger partial charge is 0.358 e. The second kappa shape index (κ2) is 7.90. The number of nitrogens with zero attached hydrogens (tertiary/aromatic N) is 4. The lowest BCUT2D eigenvalue weighted by Gasteiger charge is -2.17. The zero-order chi connectivity index (χ0) is 16.7. The number of carbonyl (C=O) groups is 1. The first kappa shape index (κ1) is 16.4. The lowest BCUT2D eigenvalue weighted by molar-refractivity contribution is 0.102. The van der Waals surface area contributed by atoms with E-state index < -0.39 is 0 Å². The molecule has 0 aliphatic rings. The van der Waals surface area contributed by atoms with Crippen LogP contribution >= 0.6 is 0 Å². The molecule has 0 fully saturated rings. The van der Waals surface area contributed by atoms with Gasteiger partial charge in [0, 0.05) is 13.6 Å². The van der Waals surface area contributed by atoms with Gasteiger partial charge < -0.3 is 10.2 Å². The van der Waals surface area contributed by atoms with Crippen molar-refractivity contribution in [1.29, 1.82) is 5.26 Å². The van der Waals surface area contributed by atoms with E-state index in [1.165, 1.54) is 6.20 Å². The van der Waals surface area contributed by atoms with E-state index in [0.29, 0.717) is 11.3 Å². The second-order valence-corrected chi connectivity index (χ2v) is 5.15. The molecule has 0 bridgehead atoms. The van der Waals surface area contributed by atoms with E-state index in [-0.39, 0.29) is 11.6 Å². The Labute approximate surface area is 135 Å². The summed E-state index contributed by atoms with van der Waals surface area (Å²) >= 11 is 0. The third-order valence-electron chi connectivity index (χ3n) is 3.40. The lowest BCUT2D eigenvalue weighted by Crippen LogP contribution is -2.21. The highest BCUT2D eigenvalue weighted by Crippen LogP contribution is 2.15. The van der Waals surface area contributed by atoms with Gasteiger partial charge in [-0.05, 0) is 18.6 Å². The number of carbonyl (C=O) groups excluding carboxylic acids is 1. The minimum atomic E-state index is -0.386. The summed E-state index contributed by atoms with van der Waals surface area (Å²) in [6.45, 7) is 3.03. The van der Waals surface area contributed by atoms with Crippen LogP contribution in [0.2, 0.25) is 0 Å². The third kappa shape index (κ3) is 4.27. The number of aromatic nitrogens is 2. The van der Waals surface area contributed by atoms with Gasteiger partial charge in [-0.25, -0.2) is 9.97 Å². The first-order valence-electron chi connectivity index (χ1n) is 7.49. The molecule has 23 heavy (non-hydrogen) atoms. The molecule has 1 aromatic carbocycles. The summed E-state index contributed by atoms with van der Waals surface area (Å²) in [4.78, 5) is 22.6. The Morgan fingerprint density at radius 2 is 2.09 bits per heavy atom. The molecule has 2 aromatic rings. The second-order valence-electron chi connectivity index (χ2n) is 5.15. The monoisotopic (exact) mass is 309 g/mol. The fourth-order valence-corrected chi connectivity index (χ4v) is 2.02. The number of amides is 1. The average molecular weight is 309 g/mol. The number of hydrogen-bond acceptors (Lipinski definition) is 5. The third-order valence-corrected chi connectivity index (χ3v) is 3.40. The van der Waals surface area contributed by atoms with Crippen molar-refractivity contribution in [3.8, 4) is 6.07 Å². The summed E-state index contributed by atoms with van der Waals surface area (Å²) in [6, 6.07) is 8.86. The first-order chi connectivity index (χ1) is 11.2. The van der Waals surface area contributed by atoms with Gasteiger partial charge in [0.05, 0.1) is 23.6 Å². The minimum Gasteiger partial charge on any atom is -0.358 e. The van der Waals surface area contributed by atoms with Gasteiger partial charge in [0.25, 0.3) is 5.91 Å². The van der Waals surface area contributed by atoms with Crippen LogP contribution in [-0.4, -0.2) is 29.5 Å². The maximum atomic E-state index is 12.2. The Hall–Kier alpha value is -2.94. The number of para-hydroxylation sites is 1. The Kier molecular flexibility index (Phi) is 5.64. The molecule has 0 aliphatic carbocycles. The molecule has 0 atom stereocenters. The summed E-state index contributed by atoms with van der Waals surface area (Å²) in [5.41, 5.74) is 1.08. The average Bonchev–Trinajstić information content (AvgIpc) is 2.60. The molecule has 1 N–H and O–H groups in total. The van der Waals surface area contributed by atoms with E-state index in [1.54, 1.807) is 30.5 Å². The smallest absolute Gasteiger partial charge is 0.275 e. The summed E-state index contributed by atoms with van der Waals surface area (Å²) in [6.07, 6.45) is 5.21. The van der Waals surface area contributed by atoms with Crippen molar-refractivity contribution >= 4 is 17.4 Å². The Bertz CT molecular complexity index is 706. The predicted molar refractivity (Wildman–Crippen MR) is 89.3 cm³/mol. The van der Waals surface area contributed by atoms with Gasteiger partial charge in [-0.15, -0.1) is 0 Å². The molecule has 118 valence electrons. The predicted octanol–water partition coefficient (Wildman–Crippen LogP) is 2.84. The van der Waals surface area contributed by atoms with E-state index in [9.17, 15) is 4.79 Å². The molecular weight excluding hydrogens is 290 g/mol. The van der Waals surface area contributed by atoms with Crippen molar-refractivity contribution < 1.29 is 4.79 Å². The number of anilines is 2.